The van der Waals surface area contributed by atoms with Gasteiger partial charge in [-0.1, -0.05) is 147 Å². The fourth-order valence-corrected chi connectivity index (χ4v) is 5.83. The Morgan fingerprint density at radius 3 is 1.61 bits per heavy atom. The molecule has 0 spiro atoms. The molecule has 0 atom stereocenters. The van der Waals surface area contributed by atoms with E-state index >= 15 is 0 Å². The van der Waals surface area contributed by atoms with Gasteiger partial charge in [-0.25, -0.2) is 0 Å². The van der Waals surface area contributed by atoms with Gasteiger partial charge in [-0.2, -0.15) is 0 Å². The van der Waals surface area contributed by atoms with Gasteiger partial charge in [0.1, 0.15) is 0 Å². The van der Waals surface area contributed by atoms with Crippen molar-refractivity contribution in [3.8, 4) is 11.1 Å². The summed E-state index contributed by atoms with van der Waals surface area (Å²) in [6.45, 7) is 17.0. The monoisotopic (exact) mass is 498 g/mol. The van der Waals surface area contributed by atoms with Crippen LogP contribution in [0, 0.1) is 0 Å². The van der Waals surface area contributed by atoms with Crippen molar-refractivity contribution >= 4 is 43.1 Å². The smallest absolute Gasteiger partial charge is 0.0159 e. The topological polar surface area (TPSA) is 0 Å². The third-order valence-corrected chi connectivity index (χ3v) is 7.39. The van der Waals surface area contributed by atoms with Crippen LogP contribution in [0.15, 0.2) is 97.1 Å². The minimum Gasteiger partial charge on any atom is -0.0683 e. The molecule has 0 saturated carbocycles. The molecule has 0 aliphatic heterocycles. The van der Waals surface area contributed by atoms with Crippen LogP contribution in [0.4, 0.5) is 0 Å². The van der Waals surface area contributed by atoms with Crippen molar-refractivity contribution in [2.45, 2.75) is 67.2 Å². The average molecular weight is 499 g/mol. The van der Waals surface area contributed by atoms with Gasteiger partial charge in [-0.3, -0.25) is 0 Å². The van der Waals surface area contributed by atoms with Crippen LogP contribution < -0.4 is 0 Å². The summed E-state index contributed by atoms with van der Waals surface area (Å²) in [5.41, 5.74) is 5.70. The van der Waals surface area contributed by atoms with E-state index in [1.807, 2.05) is 27.7 Å². The molecule has 0 fully saturated rings. The van der Waals surface area contributed by atoms with E-state index in [0.29, 0.717) is 0 Å². The first kappa shape index (κ1) is 27.4. The third-order valence-electron chi connectivity index (χ3n) is 7.39. The molecule has 0 bridgehead atoms. The summed E-state index contributed by atoms with van der Waals surface area (Å²) in [4.78, 5) is 0. The summed E-state index contributed by atoms with van der Waals surface area (Å²) in [6, 6.07) is 36.1. The summed E-state index contributed by atoms with van der Waals surface area (Å²) in [5, 5.41) is 10.7. The van der Waals surface area contributed by atoms with Gasteiger partial charge in [0.05, 0.1) is 0 Å². The van der Waals surface area contributed by atoms with Gasteiger partial charge in [0.25, 0.3) is 0 Å². The van der Waals surface area contributed by atoms with Crippen LogP contribution in [0.25, 0.3) is 54.2 Å². The van der Waals surface area contributed by atoms with Crippen molar-refractivity contribution in [1.29, 1.82) is 0 Å². The lowest BCUT2D eigenvalue weighted by Crippen LogP contribution is -2.14. The molecule has 0 radical (unpaired) electrons. The molecule has 6 aromatic rings. The molecule has 6 aromatic carbocycles. The molecular weight excluding hydrogens is 456 g/mol. The van der Waals surface area contributed by atoms with Crippen molar-refractivity contribution in [2.75, 3.05) is 0 Å². The van der Waals surface area contributed by atoms with Crippen molar-refractivity contribution in [3.63, 3.8) is 0 Å². The van der Waals surface area contributed by atoms with E-state index in [2.05, 4.69) is 125 Å². The Morgan fingerprint density at radius 1 is 0.474 bits per heavy atom. The van der Waals surface area contributed by atoms with Gasteiger partial charge in [-0.05, 0) is 77.5 Å². The van der Waals surface area contributed by atoms with Crippen LogP contribution in [0.5, 0.6) is 0 Å². The molecule has 0 heterocycles. The molecular formula is C38H42. The molecule has 38 heavy (non-hydrogen) atoms. The first-order valence-corrected chi connectivity index (χ1v) is 14.5. The lowest BCUT2D eigenvalue weighted by molar-refractivity contribution is 0.661. The Labute approximate surface area is 229 Å². The highest BCUT2D eigenvalue weighted by Crippen LogP contribution is 2.54. The summed E-state index contributed by atoms with van der Waals surface area (Å²) in [5.74, 6) is 0. The highest BCUT2D eigenvalue weighted by Gasteiger charge is 2.37. The maximum atomic E-state index is 2.40. The molecule has 1 aliphatic rings. The van der Waals surface area contributed by atoms with Gasteiger partial charge in [0.2, 0.25) is 0 Å². The van der Waals surface area contributed by atoms with Crippen LogP contribution in [0.1, 0.15) is 72.9 Å². The van der Waals surface area contributed by atoms with Crippen molar-refractivity contribution in [1.82, 2.24) is 0 Å². The van der Waals surface area contributed by atoms with E-state index < -0.39 is 0 Å². The molecule has 0 amide bonds. The third kappa shape index (κ3) is 4.37. The van der Waals surface area contributed by atoms with Crippen LogP contribution in [0.2, 0.25) is 0 Å². The van der Waals surface area contributed by atoms with E-state index in [-0.39, 0.29) is 5.41 Å². The molecule has 1 aliphatic carbocycles. The maximum absolute atomic E-state index is 2.40. The predicted molar refractivity (Wildman–Crippen MR) is 173 cm³/mol. The second-order valence-corrected chi connectivity index (χ2v) is 10.1. The van der Waals surface area contributed by atoms with Gasteiger partial charge < -0.3 is 0 Å². The molecule has 0 aromatic heterocycles. The zero-order valence-corrected chi connectivity index (χ0v) is 24.4. The van der Waals surface area contributed by atoms with Crippen molar-refractivity contribution < 1.29 is 0 Å². The van der Waals surface area contributed by atoms with E-state index in [4.69, 9.17) is 0 Å². The standard InChI is InChI=1S/C31H22.C3H8.2C2H6/c1-31(2)26-16-14-23-17-21-8-3-4-9-22(21)18-25(23)29(26)30-27(31)15-13-20-12-11-19-7-5-6-10-24(19)28(20)30;1-3-2;2*1-2/h3-18H,1-2H3;3H2,1-2H3;2*1-2H3. The van der Waals surface area contributed by atoms with Gasteiger partial charge in [-0.15, -0.1) is 0 Å². The SMILES string of the molecule is CC.CC.CC1(C)c2ccc3cc4ccccc4cc3c2-c2c1ccc1ccc3ccccc3c21.CCC. The zero-order chi connectivity index (χ0) is 27.4. The van der Waals surface area contributed by atoms with E-state index in [0.717, 1.165) is 0 Å². The van der Waals surface area contributed by atoms with E-state index in [1.54, 1.807) is 0 Å². The normalized spacial score (nSPS) is 12.5. The van der Waals surface area contributed by atoms with Crippen LogP contribution >= 0.6 is 0 Å². The second-order valence-electron chi connectivity index (χ2n) is 10.1. The molecule has 194 valence electrons. The minimum absolute atomic E-state index is 0.0182. The van der Waals surface area contributed by atoms with Gasteiger partial charge in [0.15, 0.2) is 0 Å². The van der Waals surface area contributed by atoms with Crippen molar-refractivity contribution in [2.24, 2.45) is 0 Å². The first-order valence-electron chi connectivity index (χ1n) is 14.5. The van der Waals surface area contributed by atoms with Crippen LogP contribution in [-0.2, 0) is 5.41 Å². The molecule has 0 N–H and O–H groups in total. The van der Waals surface area contributed by atoms with Gasteiger partial charge in [0, 0.05) is 5.41 Å². The Kier molecular flexibility index (Phi) is 8.22. The molecule has 0 saturated heterocycles. The van der Waals surface area contributed by atoms with Gasteiger partial charge >= 0.3 is 0 Å². The fraction of sp³-hybridized carbons (Fsp3) is 0.263. The Morgan fingerprint density at radius 2 is 0.947 bits per heavy atom. The lowest BCUT2D eigenvalue weighted by Gasteiger charge is -2.22. The zero-order valence-electron chi connectivity index (χ0n) is 24.4. The number of hydrogen-bond acceptors (Lipinski definition) is 0. The highest BCUT2D eigenvalue weighted by atomic mass is 14.4. The Bertz CT molecular complexity index is 1720. The number of benzene rings is 6. The largest absolute Gasteiger partial charge is 0.0683 e. The maximum Gasteiger partial charge on any atom is 0.0159 e. The highest BCUT2D eigenvalue weighted by molar-refractivity contribution is 6.20. The second kappa shape index (κ2) is 11.4. The van der Waals surface area contributed by atoms with E-state index in [9.17, 15) is 0 Å². The summed E-state index contributed by atoms with van der Waals surface area (Å²) in [7, 11) is 0. The number of hydrogen-bond donors (Lipinski definition) is 0. The molecule has 0 nitrogen and oxygen atoms in total. The summed E-state index contributed by atoms with van der Waals surface area (Å²) in [6.07, 6.45) is 1.25. The Hall–Kier alpha value is -3.64. The first-order chi connectivity index (χ1) is 18.5. The quantitative estimate of drug-likeness (QED) is 0.144. The fourth-order valence-electron chi connectivity index (χ4n) is 5.83. The molecule has 0 heteroatoms. The van der Waals surface area contributed by atoms with E-state index in [1.165, 1.54) is 71.8 Å². The average Bonchev–Trinajstić information content (AvgIpc) is 3.21. The molecule has 0 unspecified atom stereocenters. The van der Waals surface area contributed by atoms with Crippen LogP contribution in [0.3, 0.4) is 0 Å². The van der Waals surface area contributed by atoms with Crippen LogP contribution in [-0.4, -0.2) is 0 Å². The number of fused-ring (bicyclic) bond motifs is 10. The minimum atomic E-state index is -0.0182. The summed E-state index contributed by atoms with van der Waals surface area (Å²) >= 11 is 0. The number of rotatable bonds is 0. The molecule has 7 rings (SSSR count). The van der Waals surface area contributed by atoms with Crippen molar-refractivity contribution in [3.05, 3.63) is 108 Å². The lowest BCUT2D eigenvalue weighted by atomic mass is 9.81. The predicted octanol–water partition coefficient (Wildman–Crippen LogP) is 12.1. The Balaban J connectivity index is 0.000000443. The summed E-state index contributed by atoms with van der Waals surface area (Å²) < 4.78 is 0.